The van der Waals surface area contributed by atoms with E-state index in [1.54, 1.807) is 6.08 Å². The van der Waals surface area contributed by atoms with Crippen LogP contribution in [0.4, 0.5) is 0 Å². The van der Waals surface area contributed by atoms with Gasteiger partial charge < -0.3 is 10.5 Å². The van der Waals surface area contributed by atoms with Crippen LogP contribution in [0.5, 0.6) is 0 Å². The van der Waals surface area contributed by atoms with E-state index in [-0.39, 0.29) is 5.97 Å². The molecule has 0 aliphatic carbocycles. The second-order valence-corrected chi connectivity index (χ2v) is 5.49. The van der Waals surface area contributed by atoms with Gasteiger partial charge >= 0.3 is 5.97 Å². The van der Waals surface area contributed by atoms with E-state index in [1.165, 1.54) is 32.1 Å². The number of unbranched alkanes of at least 4 members (excludes halogenated alkanes) is 7. The largest absolute Gasteiger partial charge is 0.461 e. The van der Waals surface area contributed by atoms with Crippen LogP contribution in [0.2, 0.25) is 0 Å². The zero-order valence-corrected chi connectivity index (χ0v) is 14.2. The fourth-order valence-corrected chi connectivity index (χ4v) is 2.13. The van der Waals surface area contributed by atoms with E-state index >= 15 is 0 Å². The Morgan fingerprint density at radius 1 is 1.05 bits per heavy atom. The van der Waals surface area contributed by atoms with Crippen LogP contribution in [0.25, 0.3) is 0 Å². The van der Waals surface area contributed by atoms with Crippen LogP contribution in [0.3, 0.4) is 0 Å². The van der Waals surface area contributed by atoms with Crippen molar-refractivity contribution in [3.05, 3.63) is 36.5 Å². The molecule has 0 unspecified atom stereocenters. The van der Waals surface area contributed by atoms with Gasteiger partial charge in [0.2, 0.25) is 0 Å². The summed E-state index contributed by atoms with van der Waals surface area (Å²) in [5.41, 5.74) is 6.45. The maximum atomic E-state index is 11.6. The summed E-state index contributed by atoms with van der Waals surface area (Å²) < 4.78 is 5.26. The lowest BCUT2D eigenvalue weighted by Gasteiger charge is -2.05. The van der Waals surface area contributed by atoms with Crippen LogP contribution < -0.4 is 5.73 Å². The fourth-order valence-electron chi connectivity index (χ4n) is 2.13. The predicted molar refractivity (Wildman–Crippen MR) is 94.7 cm³/mol. The molecule has 0 bridgehead atoms. The molecule has 126 valence electrons. The Bertz CT molecular complexity index is 345. The molecule has 22 heavy (non-hydrogen) atoms. The quantitative estimate of drug-likeness (QED) is 0.288. The molecule has 0 radical (unpaired) electrons. The first-order chi connectivity index (χ1) is 10.7. The van der Waals surface area contributed by atoms with Gasteiger partial charge in [-0.15, -0.1) is 0 Å². The van der Waals surface area contributed by atoms with Gasteiger partial charge in [0.1, 0.15) is 6.61 Å². The monoisotopic (exact) mass is 307 g/mol. The van der Waals surface area contributed by atoms with E-state index in [0.29, 0.717) is 13.0 Å². The standard InChI is InChI=1S/C19H33NO2/c1-3-5-14-18(4-2)17-22-19(21)15-12-10-8-6-7-9-11-13-16-20/h3-5,14H,1,6-13,15-17,20H2,2H3/b14-5-,18-4+. The molecule has 0 saturated carbocycles. The third kappa shape index (κ3) is 13.6. The Labute approximate surface area is 136 Å². The molecule has 0 saturated heterocycles. The van der Waals surface area contributed by atoms with Crippen LogP contribution in [-0.4, -0.2) is 19.1 Å². The SMILES string of the molecule is C=C/C=C\C(=C/C)COC(=O)CCCCCCCCCCN. The number of hydrogen-bond acceptors (Lipinski definition) is 3. The van der Waals surface area contributed by atoms with E-state index in [0.717, 1.165) is 31.4 Å². The van der Waals surface area contributed by atoms with E-state index in [2.05, 4.69) is 6.58 Å². The van der Waals surface area contributed by atoms with Crippen LogP contribution >= 0.6 is 0 Å². The molecule has 0 aromatic carbocycles. The predicted octanol–water partition coefficient (Wildman–Crippen LogP) is 4.69. The molecule has 3 nitrogen and oxygen atoms in total. The fraction of sp³-hybridized carbons (Fsp3) is 0.632. The summed E-state index contributed by atoms with van der Waals surface area (Å²) >= 11 is 0. The van der Waals surface area contributed by atoms with Crippen molar-refractivity contribution in [1.29, 1.82) is 0 Å². The zero-order valence-electron chi connectivity index (χ0n) is 14.2. The number of hydrogen-bond donors (Lipinski definition) is 1. The number of rotatable bonds is 14. The second kappa shape index (κ2) is 16.0. The van der Waals surface area contributed by atoms with Crippen molar-refractivity contribution in [2.24, 2.45) is 5.73 Å². The van der Waals surface area contributed by atoms with Crippen molar-refractivity contribution in [2.75, 3.05) is 13.2 Å². The van der Waals surface area contributed by atoms with Gasteiger partial charge in [-0.2, -0.15) is 0 Å². The maximum absolute atomic E-state index is 11.6. The Morgan fingerprint density at radius 2 is 1.64 bits per heavy atom. The van der Waals surface area contributed by atoms with E-state index in [1.807, 2.05) is 25.2 Å². The van der Waals surface area contributed by atoms with Crippen LogP contribution in [0.15, 0.2) is 36.5 Å². The highest BCUT2D eigenvalue weighted by Crippen LogP contribution is 2.10. The molecule has 0 aliphatic heterocycles. The lowest BCUT2D eigenvalue weighted by atomic mass is 10.1. The maximum Gasteiger partial charge on any atom is 0.306 e. The molecule has 0 rings (SSSR count). The lowest BCUT2D eigenvalue weighted by molar-refractivity contribution is -0.142. The summed E-state index contributed by atoms with van der Waals surface area (Å²) in [5, 5.41) is 0. The normalized spacial score (nSPS) is 11.8. The molecule has 0 aliphatic rings. The van der Waals surface area contributed by atoms with Crippen molar-refractivity contribution in [3.63, 3.8) is 0 Å². The Balaban J connectivity index is 3.50. The Kier molecular flexibility index (Phi) is 15.0. The molecule has 0 spiro atoms. The molecule has 0 amide bonds. The summed E-state index contributed by atoms with van der Waals surface area (Å²) in [6, 6.07) is 0. The first-order valence-corrected chi connectivity index (χ1v) is 8.54. The number of esters is 1. The van der Waals surface area contributed by atoms with Crippen LogP contribution in [0, 0.1) is 0 Å². The van der Waals surface area contributed by atoms with Gasteiger partial charge in [-0.3, -0.25) is 4.79 Å². The first kappa shape index (κ1) is 20.6. The molecule has 0 atom stereocenters. The number of ether oxygens (including phenoxy) is 1. The van der Waals surface area contributed by atoms with Crippen molar-refractivity contribution >= 4 is 5.97 Å². The van der Waals surface area contributed by atoms with Crippen molar-refractivity contribution in [1.82, 2.24) is 0 Å². The summed E-state index contributed by atoms with van der Waals surface area (Å²) in [4.78, 5) is 11.6. The van der Waals surface area contributed by atoms with E-state index in [9.17, 15) is 4.79 Å². The van der Waals surface area contributed by atoms with Gasteiger partial charge in [-0.1, -0.05) is 69.4 Å². The third-order valence-corrected chi connectivity index (χ3v) is 3.55. The van der Waals surface area contributed by atoms with Gasteiger partial charge in [-0.05, 0) is 31.9 Å². The zero-order chi connectivity index (χ0) is 16.5. The molecule has 3 heteroatoms. The number of carbonyl (C=O) groups is 1. The minimum atomic E-state index is -0.103. The molecular formula is C19H33NO2. The highest BCUT2D eigenvalue weighted by Gasteiger charge is 2.03. The van der Waals surface area contributed by atoms with Gasteiger partial charge in [0.25, 0.3) is 0 Å². The van der Waals surface area contributed by atoms with Crippen LogP contribution in [0.1, 0.15) is 64.7 Å². The minimum absolute atomic E-state index is 0.103. The smallest absolute Gasteiger partial charge is 0.306 e. The molecule has 2 N–H and O–H groups in total. The number of allylic oxidation sites excluding steroid dienone is 3. The number of nitrogens with two attached hydrogens (primary N) is 1. The lowest BCUT2D eigenvalue weighted by Crippen LogP contribution is -2.06. The second-order valence-electron chi connectivity index (χ2n) is 5.49. The average molecular weight is 307 g/mol. The number of carbonyl (C=O) groups excluding carboxylic acids is 1. The molecular weight excluding hydrogens is 274 g/mol. The van der Waals surface area contributed by atoms with Crippen molar-refractivity contribution in [3.8, 4) is 0 Å². The van der Waals surface area contributed by atoms with Crippen molar-refractivity contribution in [2.45, 2.75) is 64.7 Å². The van der Waals surface area contributed by atoms with Gasteiger partial charge in [0.05, 0.1) is 0 Å². The molecule has 0 heterocycles. The molecule has 0 aromatic heterocycles. The summed E-state index contributed by atoms with van der Waals surface area (Å²) in [7, 11) is 0. The van der Waals surface area contributed by atoms with E-state index < -0.39 is 0 Å². The van der Waals surface area contributed by atoms with E-state index in [4.69, 9.17) is 10.5 Å². The Hall–Kier alpha value is -1.35. The Morgan fingerprint density at radius 3 is 2.18 bits per heavy atom. The van der Waals surface area contributed by atoms with Crippen molar-refractivity contribution < 1.29 is 9.53 Å². The summed E-state index contributed by atoms with van der Waals surface area (Å²) in [5.74, 6) is -0.103. The average Bonchev–Trinajstić information content (AvgIpc) is 2.53. The van der Waals surface area contributed by atoms with Gasteiger partial charge in [-0.25, -0.2) is 0 Å². The van der Waals surface area contributed by atoms with Gasteiger partial charge in [0, 0.05) is 6.42 Å². The van der Waals surface area contributed by atoms with Crippen LogP contribution in [-0.2, 0) is 9.53 Å². The summed E-state index contributed by atoms with van der Waals surface area (Å²) in [6.07, 6.45) is 17.4. The molecule has 0 fully saturated rings. The first-order valence-electron chi connectivity index (χ1n) is 8.54. The summed E-state index contributed by atoms with van der Waals surface area (Å²) in [6.45, 7) is 6.71. The highest BCUT2D eigenvalue weighted by molar-refractivity contribution is 5.69. The molecule has 0 aromatic rings. The van der Waals surface area contributed by atoms with Gasteiger partial charge in [0.15, 0.2) is 0 Å². The minimum Gasteiger partial charge on any atom is -0.461 e. The highest BCUT2D eigenvalue weighted by atomic mass is 16.5. The third-order valence-electron chi connectivity index (χ3n) is 3.55. The topological polar surface area (TPSA) is 52.3 Å².